The predicted molar refractivity (Wildman–Crippen MR) is 60.3 cm³/mol. The van der Waals surface area contributed by atoms with Crippen LogP contribution in [0.4, 0.5) is 26.3 Å². The van der Waals surface area contributed by atoms with E-state index in [0.29, 0.717) is 3.79 Å². The summed E-state index contributed by atoms with van der Waals surface area (Å²) >= 11 is 6.60. The topological polar surface area (TPSA) is 20.2 Å². The molecular weight excluding hydrogens is 418 g/mol. The van der Waals surface area contributed by atoms with E-state index in [-0.39, 0.29) is 3.79 Å². The summed E-state index contributed by atoms with van der Waals surface area (Å²) in [6.07, 6.45) is -13.9. The van der Waals surface area contributed by atoms with Gasteiger partial charge < -0.3 is 5.11 Å². The second kappa shape index (κ2) is 5.29. The number of hydrogen-bond donors (Lipinski definition) is 1. The predicted octanol–water partition coefficient (Wildman–Crippen LogP) is 5.05. The van der Waals surface area contributed by atoms with Crippen molar-refractivity contribution >= 4 is 43.2 Å². The maximum absolute atomic E-state index is 12.4. The third-order valence-electron chi connectivity index (χ3n) is 2.02. The van der Waals surface area contributed by atoms with E-state index in [1.807, 2.05) is 0 Å². The molecule has 18 heavy (non-hydrogen) atoms. The Morgan fingerprint density at radius 1 is 1.06 bits per heavy atom. The summed E-state index contributed by atoms with van der Waals surface area (Å²) in [6, 6.07) is 1.02. The lowest BCUT2D eigenvalue weighted by molar-refractivity contribution is -0.307. The van der Waals surface area contributed by atoms with Crippen LogP contribution in [0.1, 0.15) is 11.7 Å². The van der Waals surface area contributed by atoms with Gasteiger partial charge in [0.2, 0.25) is 0 Å². The van der Waals surface area contributed by atoms with E-state index in [1.54, 1.807) is 0 Å². The van der Waals surface area contributed by atoms with E-state index >= 15 is 0 Å². The molecule has 0 saturated carbocycles. The monoisotopic (exact) mass is 420 g/mol. The van der Waals surface area contributed by atoms with E-state index in [4.69, 9.17) is 0 Å². The number of aliphatic hydroxyl groups excluding tert-OH is 1. The first kappa shape index (κ1) is 16.3. The Morgan fingerprint density at radius 2 is 1.50 bits per heavy atom. The lowest BCUT2D eigenvalue weighted by atomic mass is 9.96. The molecule has 104 valence electrons. The zero-order valence-corrected chi connectivity index (χ0v) is 12.1. The summed E-state index contributed by atoms with van der Waals surface area (Å²) in [4.78, 5) is 0. The van der Waals surface area contributed by atoms with Gasteiger partial charge in [0.25, 0.3) is 0 Å². The highest BCUT2D eigenvalue weighted by Crippen LogP contribution is 2.49. The van der Waals surface area contributed by atoms with E-state index in [1.165, 1.54) is 0 Å². The molecule has 10 heteroatoms. The van der Waals surface area contributed by atoms with Crippen LogP contribution in [0.3, 0.4) is 0 Å². The maximum atomic E-state index is 12.4. The van der Waals surface area contributed by atoms with Crippen LogP contribution in [-0.2, 0) is 0 Å². The Kier molecular flexibility index (Phi) is 4.78. The van der Waals surface area contributed by atoms with Gasteiger partial charge in [0, 0.05) is 5.56 Å². The molecule has 1 heterocycles. The Morgan fingerprint density at radius 3 is 1.78 bits per heavy atom. The molecule has 0 spiro atoms. The third kappa shape index (κ3) is 3.61. The van der Waals surface area contributed by atoms with Crippen LogP contribution in [-0.4, -0.2) is 17.5 Å². The van der Waals surface area contributed by atoms with Crippen molar-refractivity contribution < 1.29 is 31.4 Å². The fraction of sp³-hybridized carbons (Fsp3) is 0.500. The quantitative estimate of drug-likeness (QED) is 0.662. The first-order chi connectivity index (χ1) is 7.94. The second-order valence-corrected chi connectivity index (χ2v) is 7.03. The highest BCUT2D eigenvalue weighted by atomic mass is 79.9. The van der Waals surface area contributed by atoms with Gasteiger partial charge >= 0.3 is 12.4 Å². The van der Waals surface area contributed by atoms with Gasteiger partial charge in [-0.25, -0.2) is 0 Å². The highest BCUT2D eigenvalue weighted by Gasteiger charge is 2.60. The van der Waals surface area contributed by atoms with Gasteiger partial charge in [0.05, 0.1) is 7.57 Å². The number of thiophene rings is 1. The normalized spacial score (nSPS) is 15.2. The highest BCUT2D eigenvalue weighted by molar-refractivity contribution is 9.12. The summed E-state index contributed by atoms with van der Waals surface area (Å²) in [5.41, 5.74) is -0.452. The number of alkyl halides is 6. The number of aliphatic hydroxyl groups is 1. The fourth-order valence-electron chi connectivity index (χ4n) is 1.28. The van der Waals surface area contributed by atoms with Crippen molar-refractivity contribution in [3.05, 3.63) is 19.2 Å². The molecule has 0 radical (unpaired) electrons. The molecule has 1 atom stereocenters. The van der Waals surface area contributed by atoms with Crippen molar-refractivity contribution in [3.63, 3.8) is 0 Å². The van der Waals surface area contributed by atoms with Crippen LogP contribution in [0.15, 0.2) is 13.6 Å². The molecule has 1 rings (SSSR count). The van der Waals surface area contributed by atoms with Crippen molar-refractivity contribution in [1.29, 1.82) is 0 Å². The smallest absolute Gasteiger partial charge is 0.387 e. The van der Waals surface area contributed by atoms with Crippen molar-refractivity contribution in [2.75, 3.05) is 0 Å². The number of rotatable bonds is 2. The van der Waals surface area contributed by atoms with Crippen LogP contribution in [0.2, 0.25) is 0 Å². The minimum absolute atomic E-state index is 0.0142. The molecule has 0 aliphatic heterocycles. The van der Waals surface area contributed by atoms with Gasteiger partial charge in [-0.3, -0.25) is 0 Å². The molecule has 0 aliphatic carbocycles. The second-order valence-electron chi connectivity index (χ2n) is 3.29. The van der Waals surface area contributed by atoms with Crippen LogP contribution < -0.4 is 0 Å². The van der Waals surface area contributed by atoms with Crippen LogP contribution >= 0.6 is 43.2 Å². The van der Waals surface area contributed by atoms with Crippen LogP contribution in [0.25, 0.3) is 0 Å². The van der Waals surface area contributed by atoms with Crippen LogP contribution in [0, 0.1) is 5.92 Å². The van der Waals surface area contributed by atoms with E-state index in [0.717, 1.165) is 17.4 Å². The van der Waals surface area contributed by atoms with E-state index in [2.05, 4.69) is 31.9 Å². The minimum Gasteiger partial charge on any atom is -0.387 e. The molecule has 1 unspecified atom stereocenters. The van der Waals surface area contributed by atoms with Gasteiger partial charge in [0.1, 0.15) is 6.10 Å². The standard InChI is InChI=1S/C8H4Br2F6OS/c9-3-1-2(6(10)18-3)4(17)5(7(11,12)13)8(14,15)16/h1,4-5,17H. The Bertz CT molecular complexity index is 412. The summed E-state index contributed by atoms with van der Waals surface area (Å²) in [5.74, 6) is -3.82. The summed E-state index contributed by atoms with van der Waals surface area (Å²) < 4.78 is 74.6. The van der Waals surface area contributed by atoms with Crippen molar-refractivity contribution in [2.45, 2.75) is 18.5 Å². The molecule has 1 aromatic rings. The number of halogens is 8. The summed E-state index contributed by atoms with van der Waals surface area (Å²) in [7, 11) is 0. The van der Waals surface area contributed by atoms with Crippen LogP contribution in [0.5, 0.6) is 0 Å². The van der Waals surface area contributed by atoms with Gasteiger partial charge in [-0.1, -0.05) is 0 Å². The molecule has 0 bridgehead atoms. The molecule has 1 nitrogen and oxygen atoms in total. The Labute approximate surface area is 118 Å². The largest absolute Gasteiger partial charge is 0.403 e. The lowest BCUT2D eigenvalue weighted by Crippen LogP contribution is -2.40. The SMILES string of the molecule is OC(c1cc(Br)sc1Br)C(C(F)(F)F)C(F)(F)F. The van der Waals surface area contributed by atoms with Crippen molar-refractivity contribution in [2.24, 2.45) is 5.92 Å². The summed E-state index contributed by atoms with van der Waals surface area (Å²) in [6.45, 7) is 0. The van der Waals surface area contributed by atoms with Gasteiger partial charge in [-0.05, 0) is 37.9 Å². The average Bonchev–Trinajstić information content (AvgIpc) is 2.39. The molecule has 0 aromatic carbocycles. The Hall–Kier alpha value is 0.200. The molecule has 0 amide bonds. The van der Waals surface area contributed by atoms with E-state index in [9.17, 15) is 31.4 Å². The first-order valence-corrected chi connectivity index (χ1v) is 6.61. The first-order valence-electron chi connectivity index (χ1n) is 4.21. The van der Waals surface area contributed by atoms with Gasteiger partial charge in [-0.15, -0.1) is 11.3 Å². The third-order valence-corrected chi connectivity index (χ3v) is 4.41. The van der Waals surface area contributed by atoms with Gasteiger partial charge in [-0.2, -0.15) is 26.3 Å². The molecule has 0 aliphatic rings. The fourth-order valence-corrected chi connectivity index (χ4v) is 4.19. The molecule has 0 saturated heterocycles. The molecular formula is C8H4Br2F6OS. The van der Waals surface area contributed by atoms with Crippen molar-refractivity contribution in [3.8, 4) is 0 Å². The van der Waals surface area contributed by atoms with Crippen molar-refractivity contribution in [1.82, 2.24) is 0 Å². The molecule has 1 N–H and O–H groups in total. The summed E-state index contributed by atoms with van der Waals surface area (Å²) in [5, 5.41) is 9.36. The zero-order chi connectivity index (χ0) is 14.3. The zero-order valence-electron chi connectivity index (χ0n) is 8.11. The number of hydrogen-bond acceptors (Lipinski definition) is 2. The maximum Gasteiger partial charge on any atom is 0.403 e. The molecule has 0 fully saturated rings. The minimum atomic E-state index is -5.58. The molecule has 1 aromatic heterocycles. The Balaban J connectivity index is 3.19. The lowest BCUT2D eigenvalue weighted by Gasteiger charge is -2.27. The van der Waals surface area contributed by atoms with Gasteiger partial charge in [0.15, 0.2) is 5.92 Å². The average molecular weight is 422 g/mol. The van der Waals surface area contributed by atoms with E-state index < -0.39 is 29.9 Å².